The zero-order chi connectivity index (χ0) is 19.5. The van der Waals surface area contributed by atoms with E-state index in [1.807, 2.05) is 12.1 Å². The van der Waals surface area contributed by atoms with Crippen LogP contribution in [0.25, 0.3) is 0 Å². The smallest absolute Gasteiger partial charge is 0.305 e. The first-order valence-electron chi connectivity index (χ1n) is 9.72. The van der Waals surface area contributed by atoms with Crippen molar-refractivity contribution in [3.05, 3.63) is 71.8 Å². The third-order valence-corrected chi connectivity index (χ3v) is 5.70. The Morgan fingerprint density at radius 2 is 1.61 bits per heavy atom. The summed E-state index contributed by atoms with van der Waals surface area (Å²) in [6.45, 7) is 2.91. The molecular formula is C22H25N3O3. The highest BCUT2D eigenvalue weighted by Crippen LogP contribution is 2.34. The number of aliphatic carboxylic acids is 1. The third kappa shape index (κ3) is 3.79. The van der Waals surface area contributed by atoms with Crippen LogP contribution in [0.2, 0.25) is 0 Å². The van der Waals surface area contributed by atoms with E-state index in [0.29, 0.717) is 13.1 Å². The lowest BCUT2D eigenvalue weighted by atomic mass is 9.91. The van der Waals surface area contributed by atoms with Crippen molar-refractivity contribution < 1.29 is 14.7 Å². The molecule has 0 aliphatic carbocycles. The summed E-state index contributed by atoms with van der Waals surface area (Å²) in [7, 11) is 0. The van der Waals surface area contributed by atoms with E-state index in [-0.39, 0.29) is 24.4 Å². The van der Waals surface area contributed by atoms with Gasteiger partial charge in [0.25, 0.3) is 0 Å². The molecule has 4 rings (SSSR count). The van der Waals surface area contributed by atoms with Gasteiger partial charge in [0, 0.05) is 32.2 Å². The van der Waals surface area contributed by atoms with Crippen LogP contribution in [0.4, 0.5) is 0 Å². The van der Waals surface area contributed by atoms with Gasteiger partial charge in [0.15, 0.2) is 0 Å². The Kier molecular flexibility index (Phi) is 5.41. The maximum atomic E-state index is 12.2. The van der Waals surface area contributed by atoms with Crippen molar-refractivity contribution in [3.8, 4) is 0 Å². The number of piperazine rings is 1. The van der Waals surface area contributed by atoms with Crippen LogP contribution in [-0.2, 0) is 9.59 Å². The van der Waals surface area contributed by atoms with Gasteiger partial charge in [0.05, 0.1) is 12.5 Å². The number of carbonyl (C=O) groups excluding carboxylic acids is 1. The minimum Gasteiger partial charge on any atom is -0.481 e. The highest BCUT2D eigenvalue weighted by molar-refractivity contribution is 5.86. The number of hydrogen-bond donors (Lipinski definition) is 2. The van der Waals surface area contributed by atoms with E-state index >= 15 is 0 Å². The maximum Gasteiger partial charge on any atom is 0.305 e. The van der Waals surface area contributed by atoms with Gasteiger partial charge in [-0.2, -0.15) is 0 Å². The quantitative estimate of drug-likeness (QED) is 0.800. The normalized spacial score (nSPS) is 21.3. The molecule has 2 heterocycles. The second-order valence-electron chi connectivity index (χ2n) is 7.47. The summed E-state index contributed by atoms with van der Waals surface area (Å²) in [5.74, 6) is -1.11. The Bertz CT molecular complexity index is 782. The largest absolute Gasteiger partial charge is 0.481 e. The van der Waals surface area contributed by atoms with E-state index in [1.165, 1.54) is 11.1 Å². The zero-order valence-electron chi connectivity index (χ0n) is 15.7. The number of carboxylic acids is 1. The summed E-state index contributed by atoms with van der Waals surface area (Å²) < 4.78 is 0. The summed E-state index contributed by atoms with van der Waals surface area (Å²) in [4.78, 5) is 27.9. The van der Waals surface area contributed by atoms with Gasteiger partial charge in [-0.25, -0.2) is 0 Å². The molecule has 6 nitrogen and oxygen atoms in total. The molecule has 0 radical (unpaired) electrons. The van der Waals surface area contributed by atoms with Gasteiger partial charge in [-0.1, -0.05) is 60.7 Å². The van der Waals surface area contributed by atoms with E-state index in [4.69, 9.17) is 0 Å². The molecule has 2 N–H and O–H groups in total. The molecule has 0 aromatic heterocycles. The van der Waals surface area contributed by atoms with Crippen molar-refractivity contribution in [3.63, 3.8) is 0 Å². The lowest BCUT2D eigenvalue weighted by Crippen LogP contribution is -2.67. The lowest BCUT2D eigenvalue weighted by molar-refractivity contribution is -0.145. The van der Waals surface area contributed by atoms with Gasteiger partial charge >= 0.3 is 5.97 Å². The average Bonchev–Trinajstić information content (AvgIpc) is 2.67. The van der Waals surface area contributed by atoms with E-state index in [1.54, 1.807) is 0 Å². The van der Waals surface area contributed by atoms with E-state index in [0.717, 1.165) is 13.1 Å². The molecule has 2 saturated heterocycles. The number of nitrogens with one attached hydrogen (secondary N) is 1. The van der Waals surface area contributed by atoms with Crippen LogP contribution in [0.1, 0.15) is 23.6 Å². The predicted octanol–water partition coefficient (Wildman–Crippen LogP) is 1.74. The average molecular weight is 379 g/mol. The minimum atomic E-state index is -0.935. The number of benzene rings is 2. The van der Waals surface area contributed by atoms with Gasteiger partial charge < -0.3 is 10.4 Å². The highest BCUT2D eigenvalue weighted by Gasteiger charge is 2.43. The number of likely N-dealkylation sites (tertiary alicyclic amines) is 1. The fourth-order valence-corrected chi connectivity index (χ4v) is 4.34. The van der Waals surface area contributed by atoms with E-state index in [2.05, 4.69) is 63.6 Å². The van der Waals surface area contributed by atoms with Crippen molar-refractivity contribution in [1.82, 2.24) is 15.1 Å². The summed E-state index contributed by atoms with van der Waals surface area (Å²) in [6, 6.07) is 20.6. The molecule has 2 fully saturated rings. The van der Waals surface area contributed by atoms with Gasteiger partial charge in [-0.3, -0.25) is 19.4 Å². The zero-order valence-corrected chi connectivity index (χ0v) is 15.7. The third-order valence-electron chi connectivity index (χ3n) is 5.70. The Labute approximate surface area is 164 Å². The topological polar surface area (TPSA) is 72.9 Å². The molecule has 0 bridgehead atoms. The molecular weight excluding hydrogens is 354 g/mol. The second-order valence-corrected chi connectivity index (χ2v) is 7.47. The van der Waals surface area contributed by atoms with Crippen LogP contribution < -0.4 is 5.32 Å². The van der Waals surface area contributed by atoms with E-state index in [9.17, 15) is 14.7 Å². The number of hydrogen-bond acceptors (Lipinski definition) is 4. The summed E-state index contributed by atoms with van der Waals surface area (Å²) in [5, 5.41) is 12.0. The SMILES string of the molecule is O=C(O)CC1C(=O)NCCN1C1CN(C(c2ccccc2)c2ccccc2)C1. The molecule has 2 aromatic carbocycles. The summed E-state index contributed by atoms with van der Waals surface area (Å²) in [5.41, 5.74) is 2.48. The fraction of sp³-hybridized carbons (Fsp3) is 0.364. The van der Waals surface area contributed by atoms with Crippen LogP contribution in [0.5, 0.6) is 0 Å². The Hall–Kier alpha value is -2.70. The van der Waals surface area contributed by atoms with Crippen LogP contribution in [0.3, 0.4) is 0 Å². The molecule has 1 amide bonds. The standard InChI is InChI=1S/C22H25N3O3/c26-20(27)13-19-22(28)23-11-12-25(19)18-14-24(15-18)21(16-7-3-1-4-8-16)17-9-5-2-6-10-17/h1-10,18-19,21H,11-15H2,(H,23,28)(H,26,27). The van der Waals surface area contributed by atoms with Crippen molar-refractivity contribution in [2.45, 2.75) is 24.5 Å². The molecule has 146 valence electrons. The van der Waals surface area contributed by atoms with Gasteiger partial charge in [0.2, 0.25) is 5.91 Å². The number of carbonyl (C=O) groups is 2. The second kappa shape index (κ2) is 8.12. The molecule has 0 spiro atoms. The van der Waals surface area contributed by atoms with E-state index < -0.39 is 12.0 Å². The maximum absolute atomic E-state index is 12.2. The monoisotopic (exact) mass is 379 g/mol. The molecule has 28 heavy (non-hydrogen) atoms. The number of carboxylic acid groups (broad SMARTS) is 1. The van der Waals surface area contributed by atoms with Crippen molar-refractivity contribution in [1.29, 1.82) is 0 Å². The Morgan fingerprint density at radius 3 is 2.14 bits per heavy atom. The first-order chi connectivity index (χ1) is 13.6. The number of amides is 1. The minimum absolute atomic E-state index is 0.150. The molecule has 2 aliphatic rings. The van der Waals surface area contributed by atoms with Crippen LogP contribution >= 0.6 is 0 Å². The summed E-state index contributed by atoms with van der Waals surface area (Å²) >= 11 is 0. The molecule has 2 aliphatic heterocycles. The van der Waals surface area contributed by atoms with Crippen molar-refractivity contribution >= 4 is 11.9 Å². The Balaban J connectivity index is 1.51. The first kappa shape index (κ1) is 18.7. The predicted molar refractivity (Wildman–Crippen MR) is 106 cm³/mol. The van der Waals surface area contributed by atoms with Crippen molar-refractivity contribution in [2.75, 3.05) is 26.2 Å². The number of rotatable bonds is 6. The van der Waals surface area contributed by atoms with Crippen LogP contribution in [-0.4, -0.2) is 65.0 Å². The molecule has 6 heteroatoms. The highest BCUT2D eigenvalue weighted by atomic mass is 16.4. The molecule has 1 unspecified atom stereocenters. The number of nitrogens with zero attached hydrogens (tertiary/aromatic N) is 2. The van der Waals surface area contributed by atoms with Gasteiger partial charge in [0.1, 0.15) is 6.04 Å². The lowest BCUT2D eigenvalue weighted by Gasteiger charge is -2.51. The molecule has 0 saturated carbocycles. The molecule has 2 aromatic rings. The molecule has 1 atom stereocenters. The Morgan fingerprint density at radius 1 is 1.04 bits per heavy atom. The van der Waals surface area contributed by atoms with Crippen LogP contribution in [0.15, 0.2) is 60.7 Å². The first-order valence-corrected chi connectivity index (χ1v) is 9.72. The fourth-order valence-electron chi connectivity index (χ4n) is 4.34. The van der Waals surface area contributed by atoms with Crippen LogP contribution in [0, 0.1) is 0 Å². The van der Waals surface area contributed by atoms with Crippen molar-refractivity contribution in [2.24, 2.45) is 0 Å². The van der Waals surface area contributed by atoms with Gasteiger partial charge in [-0.05, 0) is 11.1 Å². The van der Waals surface area contributed by atoms with Gasteiger partial charge in [-0.15, -0.1) is 0 Å². The summed E-state index contributed by atoms with van der Waals surface area (Å²) in [6.07, 6.45) is -0.150.